The Morgan fingerprint density at radius 1 is 1.21 bits per heavy atom. The van der Waals surface area contributed by atoms with Gasteiger partial charge in [0, 0.05) is 32.0 Å². The number of benzene rings is 1. The van der Waals surface area contributed by atoms with Gasteiger partial charge in [-0.15, -0.1) is 11.3 Å². The van der Waals surface area contributed by atoms with Crippen molar-refractivity contribution in [1.29, 1.82) is 0 Å². The Kier molecular flexibility index (Phi) is 4.83. The summed E-state index contributed by atoms with van der Waals surface area (Å²) >= 11 is 1.73. The zero-order valence-electron chi connectivity index (χ0n) is 16.1. The van der Waals surface area contributed by atoms with E-state index in [0.717, 1.165) is 35.7 Å². The molecule has 0 aliphatic carbocycles. The molecule has 6 nitrogen and oxygen atoms in total. The van der Waals surface area contributed by atoms with E-state index >= 15 is 0 Å². The van der Waals surface area contributed by atoms with Crippen LogP contribution in [0.15, 0.2) is 47.1 Å². The van der Waals surface area contributed by atoms with E-state index in [-0.39, 0.29) is 23.7 Å². The minimum Gasteiger partial charge on any atom is -0.467 e. The van der Waals surface area contributed by atoms with Crippen LogP contribution in [0.25, 0.3) is 10.2 Å². The number of nitrogens with zero attached hydrogens (tertiary/aromatic N) is 3. The predicted octanol–water partition coefficient (Wildman–Crippen LogP) is 3.64. The van der Waals surface area contributed by atoms with Gasteiger partial charge in [-0.1, -0.05) is 12.1 Å². The van der Waals surface area contributed by atoms with Crippen molar-refractivity contribution in [3.63, 3.8) is 0 Å². The summed E-state index contributed by atoms with van der Waals surface area (Å²) in [5, 5.41) is 1.12. The molecule has 29 heavy (non-hydrogen) atoms. The van der Waals surface area contributed by atoms with Crippen LogP contribution in [0.4, 0.5) is 0 Å². The van der Waals surface area contributed by atoms with Crippen molar-refractivity contribution in [3.8, 4) is 0 Å². The van der Waals surface area contributed by atoms with E-state index < -0.39 is 0 Å². The Balaban J connectivity index is 1.25. The Hall–Kier alpha value is -2.67. The number of thiazole rings is 1. The normalized spacial score (nSPS) is 22.6. The first-order chi connectivity index (χ1) is 14.2. The van der Waals surface area contributed by atoms with E-state index in [4.69, 9.17) is 9.40 Å². The van der Waals surface area contributed by atoms with Crippen LogP contribution < -0.4 is 0 Å². The summed E-state index contributed by atoms with van der Waals surface area (Å²) in [4.78, 5) is 34.0. The van der Waals surface area contributed by atoms with Crippen LogP contribution >= 0.6 is 11.3 Å². The molecule has 5 rings (SSSR count). The topological polar surface area (TPSA) is 66.7 Å². The van der Waals surface area contributed by atoms with Gasteiger partial charge in [0.05, 0.1) is 34.0 Å². The average molecular weight is 410 g/mol. The van der Waals surface area contributed by atoms with Crippen LogP contribution in [-0.2, 0) is 16.1 Å². The molecular formula is C22H23N3O3S. The van der Waals surface area contributed by atoms with Crippen LogP contribution in [0, 0.1) is 5.92 Å². The highest BCUT2D eigenvalue weighted by atomic mass is 32.1. The fourth-order valence-electron chi connectivity index (χ4n) is 4.38. The van der Waals surface area contributed by atoms with E-state index in [9.17, 15) is 9.59 Å². The fraction of sp³-hybridized carbons (Fsp3) is 0.409. The molecule has 0 spiro atoms. The Morgan fingerprint density at radius 3 is 2.93 bits per heavy atom. The molecule has 4 heterocycles. The monoisotopic (exact) mass is 409 g/mol. The number of hydrogen-bond acceptors (Lipinski definition) is 5. The number of furan rings is 1. The number of carbonyl (C=O) groups excluding carboxylic acids is 2. The number of aromatic nitrogens is 1. The molecule has 0 bridgehead atoms. The predicted molar refractivity (Wildman–Crippen MR) is 110 cm³/mol. The second kappa shape index (κ2) is 7.63. The average Bonchev–Trinajstić information content (AvgIpc) is 3.48. The van der Waals surface area contributed by atoms with E-state index in [0.29, 0.717) is 26.1 Å². The third-order valence-electron chi connectivity index (χ3n) is 5.88. The van der Waals surface area contributed by atoms with Gasteiger partial charge < -0.3 is 14.2 Å². The van der Waals surface area contributed by atoms with Gasteiger partial charge in [-0.05, 0) is 37.1 Å². The summed E-state index contributed by atoms with van der Waals surface area (Å²) in [7, 11) is 0. The molecule has 1 aromatic carbocycles. The molecule has 7 heteroatoms. The lowest BCUT2D eigenvalue weighted by molar-refractivity contribution is -0.137. The lowest BCUT2D eigenvalue weighted by Crippen LogP contribution is -2.43. The summed E-state index contributed by atoms with van der Waals surface area (Å²) in [6.07, 6.45) is 3.93. The van der Waals surface area contributed by atoms with Gasteiger partial charge in [-0.2, -0.15) is 0 Å². The molecule has 2 aromatic heterocycles. The van der Waals surface area contributed by atoms with Crippen LogP contribution in [-0.4, -0.2) is 46.2 Å². The van der Waals surface area contributed by atoms with Crippen molar-refractivity contribution < 1.29 is 14.0 Å². The van der Waals surface area contributed by atoms with E-state index in [1.165, 1.54) is 4.70 Å². The first-order valence-electron chi connectivity index (χ1n) is 10.1. The molecule has 3 aromatic rings. The number of rotatable bonds is 4. The third kappa shape index (κ3) is 3.67. The highest BCUT2D eigenvalue weighted by molar-refractivity contribution is 7.18. The summed E-state index contributed by atoms with van der Waals surface area (Å²) < 4.78 is 6.54. The van der Waals surface area contributed by atoms with E-state index in [2.05, 4.69) is 6.07 Å². The molecule has 2 aliphatic rings. The highest BCUT2D eigenvalue weighted by Crippen LogP contribution is 2.34. The molecule has 0 N–H and O–H groups in total. The lowest BCUT2D eigenvalue weighted by atomic mass is 9.96. The van der Waals surface area contributed by atoms with Gasteiger partial charge in [0.15, 0.2) is 0 Å². The number of amides is 2. The molecular weight excluding hydrogens is 386 g/mol. The molecule has 0 saturated carbocycles. The maximum Gasteiger partial charge on any atom is 0.228 e. The summed E-state index contributed by atoms with van der Waals surface area (Å²) in [6.45, 7) is 2.37. The zero-order valence-corrected chi connectivity index (χ0v) is 16.9. The van der Waals surface area contributed by atoms with Crippen molar-refractivity contribution in [3.05, 3.63) is 53.4 Å². The van der Waals surface area contributed by atoms with E-state index in [1.807, 2.05) is 35.2 Å². The van der Waals surface area contributed by atoms with E-state index in [1.54, 1.807) is 22.5 Å². The van der Waals surface area contributed by atoms with Crippen LogP contribution in [0.2, 0.25) is 0 Å². The van der Waals surface area contributed by atoms with Gasteiger partial charge in [0.1, 0.15) is 5.76 Å². The Labute approximate surface area is 173 Å². The van der Waals surface area contributed by atoms with Crippen molar-refractivity contribution in [2.45, 2.75) is 31.7 Å². The number of piperidine rings is 1. The first-order valence-corrected chi connectivity index (χ1v) is 10.9. The first kappa shape index (κ1) is 18.4. The highest BCUT2D eigenvalue weighted by Gasteiger charge is 2.38. The molecule has 2 saturated heterocycles. The van der Waals surface area contributed by atoms with Crippen LogP contribution in [0.5, 0.6) is 0 Å². The summed E-state index contributed by atoms with van der Waals surface area (Å²) in [5.74, 6) is 0.902. The summed E-state index contributed by atoms with van der Waals surface area (Å²) in [6, 6.07) is 11.9. The quantitative estimate of drug-likeness (QED) is 0.660. The van der Waals surface area contributed by atoms with Gasteiger partial charge in [0.2, 0.25) is 11.8 Å². The fourth-order valence-corrected chi connectivity index (χ4v) is 5.48. The number of likely N-dealkylation sites (tertiary alicyclic amines) is 2. The van der Waals surface area contributed by atoms with Crippen LogP contribution in [0.3, 0.4) is 0 Å². The van der Waals surface area contributed by atoms with Gasteiger partial charge in [-0.25, -0.2) is 4.98 Å². The Bertz CT molecular complexity index is 996. The van der Waals surface area contributed by atoms with Crippen molar-refractivity contribution in [2.24, 2.45) is 5.92 Å². The molecule has 2 amide bonds. The summed E-state index contributed by atoms with van der Waals surface area (Å²) in [5.41, 5.74) is 1.03. The third-order valence-corrected chi connectivity index (χ3v) is 7.08. The van der Waals surface area contributed by atoms with Crippen molar-refractivity contribution in [2.75, 3.05) is 19.6 Å². The largest absolute Gasteiger partial charge is 0.467 e. The van der Waals surface area contributed by atoms with Crippen molar-refractivity contribution in [1.82, 2.24) is 14.8 Å². The molecule has 2 fully saturated rings. The zero-order chi connectivity index (χ0) is 19.8. The van der Waals surface area contributed by atoms with Gasteiger partial charge in [0.25, 0.3) is 0 Å². The Morgan fingerprint density at radius 2 is 2.10 bits per heavy atom. The minimum absolute atomic E-state index is 0.0273. The number of fused-ring (bicyclic) bond motifs is 1. The smallest absolute Gasteiger partial charge is 0.228 e. The SMILES string of the molecule is O=C1CC(C(=O)N2CCCC(c3nc4ccccc4s3)C2)CN1Cc1ccco1. The van der Waals surface area contributed by atoms with Gasteiger partial charge >= 0.3 is 0 Å². The molecule has 150 valence electrons. The second-order valence-electron chi connectivity index (χ2n) is 7.90. The standard InChI is InChI=1S/C22H23N3O3S/c26-20-11-16(13-25(20)14-17-6-4-10-28-17)22(27)24-9-3-5-15(12-24)21-23-18-7-1-2-8-19(18)29-21/h1-2,4,6-8,10,15-16H,3,5,9,11-14H2. The van der Waals surface area contributed by atoms with Crippen LogP contribution in [0.1, 0.15) is 35.9 Å². The minimum atomic E-state index is -0.258. The molecule has 0 radical (unpaired) electrons. The van der Waals surface area contributed by atoms with Crippen molar-refractivity contribution >= 4 is 33.4 Å². The molecule has 2 atom stereocenters. The molecule has 2 aliphatic heterocycles. The molecule has 2 unspecified atom stereocenters. The van der Waals surface area contributed by atoms with Gasteiger partial charge in [-0.3, -0.25) is 9.59 Å². The number of carbonyl (C=O) groups is 2. The number of hydrogen-bond donors (Lipinski definition) is 0. The maximum atomic E-state index is 13.1. The lowest BCUT2D eigenvalue weighted by Gasteiger charge is -2.33. The second-order valence-corrected chi connectivity index (χ2v) is 8.96. The maximum absolute atomic E-state index is 13.1. The number of para-hydroxylation sites is 1.